The minimum absolute atomic E-state index is 0.0429. The number of amides is 1. The maximum atomic E-state index is 11.9. The number of rotatable bonds is 3. The summed E-state index contributed by atoms with van der Waals surface area (Å²) in [6.45, 7) is 1.11. The molecule has 0 spiro atoms. The molecule has 2 aliphatic rings. The molecule has 2 rings (SSSR count). The van der Waals surface area contributed by atoms with Crippen LogP contribution in [0.5, 0.6) is 0 Å². The number of carbonyl (C=O) groups is 1. The van der Waals surface area contributed by atoms with E-state index in [2.05, 4.69) is 10.6 Å². The summed E-state index contributed by atoms with van der Waals surface area (Å²) in [5.74, 6) is 2.33. The largest absolute Gasteiger partial charge is 0.396 e. The van der Waals surface area contributed by atoms with Crippen molar-refractivity contribution in [2.45, 2.75) is 31.3 Å². The Morgan fingerprint density at radius 1 is 1.50 bits per heavy atom. The van der Waals surface area contributed by atoms with E-state index in [0.717, 1.165) is 37.3 Å². The van der Waals surface area contributed by atoms with E-state index in [9.17, 15) is 9.90 Å². The highest BCUT2D eigenvalue weighted by Crippen LogP contribution is 2.25. The molecule has 4 nitrogen and oxygen atoms in total. The fourth-order valence-electron chi connectivity index (χ4n) is 2.46. The van der Waals surface area contributed by atoms with Gasteiger partial charge in [0.25, 0.3) is 0 Å². The van der Waals surface area contributed by atoms with Gasteiger partial charge in [0.15, 0.2) is 0 Å². The highest BCUT2D eigenvalue weighted by atomic mass is 32.2. The molecule has 2 fully saturated rings. The van der Waals surface area contributed by atoms with Crippen LogP contribution in [0.2, 0.25) is 0 Å². The fourth-order valence-corrected chi connectivity index (χ4v) is 3.40. The van der Waals surface area contributed by atoms with Crippen LogP contribution >= 0.6 is 11.8 Å². The number of nitrogens with one attached hydrogen (secondary N) is 2. The van der Waals surface area contributed by atoms with E-state index in [4.69, 9.17) is 0 Å². The molecule has 1 aliphatic heterocycles. The van der Waals surface area contributed by atoms with E-state index in [1.54, 1.807) is 0 Å². The standard InChI is InChI=1S/C11H20N2O2S/c14-6-8-2-1-3-9(8)13-11(15)10-7-16-5-4-12-10/h8-10,12,14H,1-7H2,(H,13,15). The van der Waals surface area contributed by atoms with Gasteiger partial charge in [-0.3, -0.25) is 4.79 Å². The Labute approximate surface area is 101 Å². The lowest BCUT2D eigenvalue weighted by Gasteiger charge is -2.26. The molecule has 92 valence electrons. The molecule has 3 unspecified atom stereocenters. The van der Waals surface area contributed by atoms with Crippen molar-refractivity contribution >= 4 is 17.7 Å². The summed E-state index contributed by atoms with van der Waals surface area (Å²) >= 11 is 1.82. The highest BCUT2D eigenvalue weighted by Gasteiger charge is 2.30. The van der Waals surface area contributed by atoms with Crippen molar-refractivity contribution < 1.29 is 9.90 Å². The van der Waals surface area contributed by atoms with Crippen molar-refractivity contribution in [2.75, 3.05) is 24.7 Å². The Morgan fingerprint density at radius 2 is 2.38 bits per heavy atom. The number of thioether (sulfide) groups is 1. The van der Waals surface area contributed by atoms with Gasteiger partial charge in [0, 0.05) is 36.6 Å². The van der Waals surface area contributed by atoms with Gasteiger partial charge in [0.05, 0.1) is 6.04 Å². The Kier molecular flexibility index (Phi) is 4.49. The number of aliphatic hydroxyl groups excluding tert-OH is 1. The number of hydrogen-bond acceptors (Lipinski definition) is 4. The van der Waals surface area contributed by atoms with E-state index in [-0.39, 0.29) is 30.5 Å². The van der Waals surface area contributed by atoms with Crippen LogP contribution in [0.4, 0.5) is 0 Å². The first-order chi connectivity index (χ1) is 7.81. The molecular weight excluding hydrogens is 224 g/mol. The predicted molar refractivity (Wildman–Crippen MR) is 65.5 cm³/mol. The Bertz CT molecular complexity index is 244. The molecule has 0 aromatic carbocycles. The molecule has 1 amide bonds. The van der Waals surface area contributed by atoms with Gasteiger partial charge >= 0.3 is 0 Å². The van der Waals surface area contributed by atoms with Gasteiger partial charge in [-0.25, -0.2) is 0 Å². The van der Waals surface area contributed by atoms with Crippen LogP contribution in [-0.2, 0) is 4.79 Å². The quantitative estimate of drug-likeness (QED) is 0.652. The lowest BCUT2D eigenvalue weighted by molar-refractivity contribution is -0.123. The summed E-state index contributed by atoms with van der Waals surface area (Å²) in [6.07, 6.45) is 3.16. The zero-order chi connectivity index (χ0) is 11.4. The fraction of sp³-hybridized carbons (Fsp3) is 0.909. The first-order valence-electron chi connectivity index (χ1n) is 6.03. The maximum Gasteiger partial charge on any atom is 0.238 e. The topological polar surface area (TPSA) is 61.4 Å². The maximum absolute atomic E-state index is 11.9. The van der Waals surface area contributed by atoms with Gasteiger partial charge in [-0.1, -0.05) is 6.42 Å². The van der Waals surface area contributed by atoms with E-state index < -0.39 is 0 Å². The average Bonchev–Trinajstić information content (AvgIpc) is 2.77. The van der Waals surface area contributed by atoms with Crippen molar-refractivity contribution in [1.82, 2.24) is 10.6 Å². The van der Waals surface area contributed by atoms with Crippen LogP contribution in [0.1, 0.15) is 19.3 Å². The zero-order valence-corrected chi connectivity index (χ0v) is 10.3. The van der Waals surface area contributed by atoms with Crippen LogP contribution in [0, 0.1) is 5.92 Å². The summed E-state index contributed by atoms with van der Waals surface area (Å²) in [4.78, 5) is 11.9. The van der Waals surface area contributed by atoms with Gasteiger partial charge in [0.1, 0.15) is 0 Å². The summed E-state index contributed by atoms with van der Waals surface area (Å²) in [7, 11) is 0. The SMILES string of the molecule is O=C(NC1CCCC1CO)C1CSCCN1. The molecule has 1 saturated carbocycles. The first kappa shape index (κ1) is 12.2. The molecule has 3 atom stereocenters. The Balaban J connectivity index is 1.81. The van der Waals surface area contributed by atoms with Crippen LogP contribution < -0.4 is 10.6 Å². The molecule has 0 aromatic heterocycles. The zero-order valence-electron chi connectivity index (χ0n) is 9.45. The van der Waals surface area contributed by atoms with Gasteiger partial charge < -0.3 is 15.7 Å². The van der Waals surface area contributed by atoms with Crippen molar-refractivity contribution in [3.63, 3.8) is 0 Å². The second kappa shape index (κ2) is 5.89. The van der Waals surface area contributed by atoms with Crippen LogP contribution in [0.25, 0.3) is 0 Å². The van der Waals surface area contributed by atoms with Crippen LogP contribution in [0.3, 0.4) is 0 Å². The molecule has 0 bridgehead atoms. The average molecular weight is 244 g/mol. The minimum atomic E-state index is -0.0429. The van der Waals surface area contributed by atoms with Crippen LogP contribution in [0.15, 0.2) is 0 Å². The molecule has 1 aliphatic carbocycles. The Hall–Kier alpha value is -0.260. The van der Waals surface area contributed by atoms with E-state index in [1.807, 2.05) is 11.8 Å². The lowest BCUT2D eigenvalue weighted by atomic mass is 10.0. The number of aliphatic hydroxyl groups is 1. The van der Waals surface area contributed by atoms with E-state index >= 15 is 0 Å². The van der Waals surface area contributed by atoms with Crippen molar-refractivity contribution in [2.24, 2.45) is 5.92 Å². The third-order valence-corrected chi connectivity index (χ3v) is 4.52. The molecule has 16 heavy (non-hydrogen) atoms. The van der Waals surface area contributed by atoms with Gasteiger partial charge in [-0.2, -0.15) is 11.8 Å². The smallest absolute Gasteiger partial charge is 0.238 e. The molecule has 3 N–H and O–H groups in total. The molecular formula is C11H20N2O2S. The third-order valence-electron chi connectivity index (χ3n) is 3.46. The second-order valence-electron chi connectivity index (χ2n) is 4.57. The van der Waals surface area contributed by atoms with Crippen molar-refractivity contribution in [3.05, 3.63) is 0 Å². The summed E-state index contributed by atoms with van der Waals surface area (Å²) in [5.41, 5.74) is 0. The van der Waals surface area contributed by atoms with Crippen molar-refractivity contribution in [1.29, 1.82) is 0 Å². The van der Waals surface area contributed by atoms with Gasteiger partial charge in [-0.15, -0.1) is 0 Å². The summed E-state index contributed by atoms with van der Waals surface area (Å²) in [6, 6.07) is 0.143. The molecule has 1 saturated heterocycles. The highest BCUT2D eigenvalue weighted by molar-refractivity contribution is 7.99. The lowest BCUT2D eigenvalue weighted by Crippen LogP contribution is -2.52. The normalized spacial score (nSPS) is 34.9. The second-order valence-corrected chi connectivity index (χ2v) is 5.72. The first-order valence-corrected chi connectivity index (χ1v) is 7.19. The Morgan fingerprint density at radius 3 is 3.06 bits per heavy atom. The number of carbonyl (C=O) groups excluding carboxylic acids is 1. The predicted octanol–water partition coefficient (Wildman–Crippen LogP) is -0.0314. The summed E-state index contributed by atoms with van der Waals surface area (Å²) < 4.78 is 0. The molecule has 0 radical (unpaired) electrons. The third kappa shape index (κ3) is 2.90. The molecule has 5 heteroatoms. The van der Waals surface area contributed by atoms with Gasteiger partial charge in [0.2, 0.25) is 5.91 Å². The monoisotopic (exact) mass is 244 g/mol. The molecule has 1 heterocycles. The molecule has 0 aromatic rings. The minimum Gasteiger partial charge on any atom is -0.396 e. The van der Waals surface area contributed by atoms with Gasteiger partial charge in [-0.05, 0) is 12.8 Å². The summed E-state index contributed by atoms with van der Waals surface area (Å²) in [5, 5.41) is 15.5. The van der Waals surface area contributed by atoms with Crippen LogP contribution in [-0.4, -0.2) is 47.8 Å². The van der Waals surface area contributed by atoms with E-state index in [0.29, 0.717) is 0 Å². The van der Waals surface area contributed by atoms with E-state index in [1.165, 1.54) is 0 Å². The number of hydrogen-bond donors (Lipinski definition) is 3. The van der Waals surface area contributed by atoms with Crippen molar-refractivity contribution in [3.8, 4) is 0 Å².